The monoisotopic (exact) mass is 262 g/mol. The van der Waals surface area contributed by atoms with Crippen LogP contribution in [0.5, 0.6) is 11.5 Å². The fraction of sp³-hybridized carbons (Fsp3) is 0.250. The molecule has 0 radical (unpaired) electrons. The minimum atomic E-state index is -0.425. The lowest BCUT2D eigenvalue weighted by atomic mass is 10.1. The Bertz CT molecular complexity index is 554. The van der Waals surface area contributed by atoms with Crippen molar-refractivity contribution in [2.45, 2.75) is 12.8 Å². The number of rotatable bonds is 5. The number of aromatic nitrogens is 3. The van der Waals surface area contributed by atoms with Crippen LogP contribution in [-0.4, -0.2) is 37.8 Å². The van der Waals surface area contributed by atoms with Crippen LogP contribution in [0, 0.1) is 0 Å². The molecule has 7 heteroatoms. The summed E-state index contributed by atoms with van der Waals surface area (Å²) in [5, 5.41) is 27.9. The number of carbonyl (C=O) groups is 1. The van der Waals surface area contributed by atoms with Gasteiger partial charge in [-0.2, -0.15) is 5.10 Å². The van der Waals surface area contributed by atoms with Gasteiger partial charge in [0.15, 0.2) is 11.5 Å². The topological polar surface area (TPSA) is 111 Å². The zero-order valence-electron chi connectivity index (χ0n) is 10.1. The smallest absolute Gasteiger partial charge is 0.255 e. The van der Waals surface area contributed by atoms with Crippen molar-refractivity contribution in [2.75, 3.05) is 6.54 Å². The van der Waals surface area contributed by atoms with Crippen LogP contribution in [0.25, 0.3) is 0 Å². The third kappa shape index (κ3) is 3.21. The Morgan fingerprint density at radius 1 is 1.37 bits per heavy atom. The predicted octanol–water partition coefficient (Wildman–Crippen LogP) is 0.578. The number of phenols is 2. The van der Waals surface area contributed by atoms with Crippen LogP contribution >= 0.6 is 0 Å². The van der Waals surface area contributed by atoms with E-state index in [4.69, 9.17) is 0 Å². The molecule has 0 spiro atoms. The summed E-state index contributed by atoms with van der Waals surface area (Å²) in [4.78, 5) is 15.7. The summed E-state index contributed by atoms with van der Waals surface area (Å²) in [5.41, 5.74) is 0.0552. The van der Waals surface area contributed by atoms with E-state index in [0.717, 1.165) is 5.82 Å². The molecule has 0 aliphatic carbocycles. The van der Waals surface area contributed by atoms with Crippen molar-refractivity contribution >= 4 is 5.91 Å². The molecule has 1 amide bonds. The molecule has 0 saturated heterocycles. The maximum atomic E-state index is 11.8. The van der Waals surface area contributed by atoms with Crippen molar-refractivity contribution < 1.29 is 15.0 Å². The van der Waals surface area contributed by atoms with Crippen LogP contribution in [0.2, 0.25) is 0 Å². The molecule has 1 heterocycles. The van der Waals surface area contributed by atoms with Crippen LogP contribution < -0.4 is 5.32 Å². The van der Waals surface area contributed by atoms with E-state index in [9.17, 15) is 15.0 Å². The number of aromatic amines is 1. The van der Waals surface area contributed by atoms with E-state index in [1.54, 1.807) is 0 Å². The number of nitrogens with zero attached hydrogens (tertiary/aromatic N) is 2. The molecule has 0 unspecified atom stereocenters. The first-order valence-corrected chi connectivity index (χ1v) is 5.82. The Labute approximate surface area is 109 Å². The maximum absolute atomic E-state index is 11.8. The van der Waals surface area contributed by atoms with Crippen LogP contribution in [-0.2, 0) is 6.42 Å². The average Bonchev–Trinajstić information content (AvgIpc) is 2.91. The second-order valence-corrected chi connectivity index (χ2v) is 3.96. The van der Waals surface area contributed by atoms with Crippen LogP contribution in [0.1, 0.15) is 22.6 Å². The summed E-state index contributed by atoms with van der Waals surface area (Å²) in [6.07, 6.45) is 2.80. The quantitative estimate of drug-likeness (QED) is 0.465. The molecular formula is C12H14N4O3. The number of hydrogen-bond donors (Lipinski definition) is 4. The Kier molecular flexibility index (Phi) is 3.97. The van der Waals surface area contributed by atoms with Gasteiger partial charge in [-0.15, -0.1) is 0 Å². The summed E-state index contributed by atoms with van der Waals surface area (Å²) in [6, 6.07) is 4.26. The second-order valence-electron chi connectivity index (χ2n) is 3.96. The van der Waals surface area contributed by atoms with Crippen molar-refractivity contribution in [1.82, 2.24) is 20.5 Å². The maximum Gasteiger partial charge on any atom is 0.255 e. The summed E-state index contributed by atoms with van der Waals surface area (Å²) in [5.74, 6) is -0.384. The van der Waals surface area contributed by atoms with Gasteiger partial charge in [0, 0.05) is 13.0 Å². The largest absolute Gasteiger partial charge is 0.504 e. The molecule has 0 saturated carbocycles. The number of amides is 1. The van der Waals surface area contributed by atoms with E-state index in [0.29, 0.717) is 19.4 Å². The molecule has 0 atom stereocenters. The summed E-state index contributed by atoms with van der Waals surface area (Å²) in [6.45, 7) is 0.439. The lowest BCUT2D eigenvalue weighted by Gasteiger charge is -2.07. The molecule has 19 heavy (non-hydrogen) atoms. The third-order valence-corrected chi connectivity index (χ3v) is 2.60. The van der Waals surface area contributed by atoms with Crippen LogP contribution in [0.4, 0.5) is 0 Å². The lowest BCUT2D eigenvalue weighted by molar-refractivity contribution is 0.0950. The van der Waals surface area contributed by atoms with E-state index in [1.807, 2.05) is 0 Å². The normalized spacial score (nSPS) is 10.3. The number of aromatic hydroxyl groups is 2. The Morgan fingerprint density at radius 3 is 2.95 bits per heavy atom. The molecule has 0 bridgehead atoms. The molecule has 4 N–H and O–H groups in total. The van der Waals surface area contributed by atoms with Crippen molar-refractivity contribution in [3.05, 3.63) is 35.9 Å². The van der Waals surface area contributed by atoms with Gasteiger partial charge in [0.25, 0.3) is 5.91 Å². The lowest BCUT2D eigenvalue weighted by Crippen LogP contribution is -2.24. The first-order valence-electron chi connectivity index (χ1n) is 5.82. The van der Waals surface area contributed by atoms with E-state index >= 15 is 0 Å². The highest BCUT2D eigenvalue weighted by molar-refractivity contribution is 5.97. The number of phenolic OH excluding ortho intramolecular Hbond substituents is 2. The minimum Gasteiger partial charge on any atom is -0.504 e. The van der Waals surface area contributed by atoms with Gasteiger partial charge in [0.1, 0.15) is 12.2 Å². The second kappa shape index (κ2) is 5.85. The Hall–Kier alpha value is -2.57. The Balaban J connectivity index is 1.83. The van der Waals surface area contributed by atoms with E-state index in [2.05, 4.69) is 20.5 Å². The molecule has 7 nitrogen and oxygen atoms in total. The highest BCUT2D eigenvalue weighted by Crippen LogP contribution is 2.27. The van der Waals surface area contributed by atoms with Gasteiger partial charge in [-0.1, -0.05) is 6.07 Å². The van der Waals surface area contributed by atoms with E-state index in [1.165, 1.54) is 24.5 Å². The minimum absolute atomic E-state index is 0.0552. The van der Waals surface area contributed by atoms with Gasteiger partial charge in [-0.05, 0) is 18.6 Å². The summed E-state index contributed by atoms with van der Waals surface area (Å²) < 4.78 is 0. The molecule has 2 rings (SSSR count). The SMILES string of the molecule is O=C(NCCCc1ncn[nH]1)c1cccc(O)c1O. The molecule has 1 aromatic carbocycles. The van der Waals surface area contributed by atoms with E-state index < -0.39 is 11.7 Å². The van der Waals surface area contributed by atoms with Gasteiger partial charge in [-0.25, -0.2) is 4.98 Å². The van der Waals surface area contributed by atoms with Gasteiger partial charge in [0.05, 0.1) is 5.56 Å². The highest BCUT2D eigenvalue weighted by atomic mass is 16.3. The van der Waals surface area contributed by atoms with Gasteiger partial charge < -0.3 is 15.5 Å². The molecule has 0 fully saturated rings. The van der Waals surface area contributed by atoms with Gasteiger partial charge in [0.2, 0.25) is 0 Å². The van der Waals surface area contributed by atoms with Gasteiger partial charge in [-0.3, -0.25) is 9.89 Å². The number of benzene rings is 1. The number of hydrogen-bond acceptors (Lipinski definition) is 5. The molecule has 100 valence electrons. The van der Waals surface area contributed by atoms with E-state index in [-0.39, 0.29) is 11.3 Å². The Morgan fingerprint density at radius 2 is 2.21 bits per heavy atom. The van der Waals surface area contributed by atoms with Crippen molar-refractivity contribution in [3.63, 3.8) is 0 Å². The van der Waals surface area contributed by atoms with Crippen molar-refractivity contribution in [3.8, 4) is 11.5 Å². The zero-order valence-corrected chi connectivity index (χ0v) is 10.1. The molecule has 2 aromatic rings. The fourth-order valence-corrected chi connectivity index (χ4v) is 1.62. The first kappa shape index (κ1) is 12.9. The molecule has 1 aromatic heterocycles. The number of H-pyrrole nitrogens is 1. The summed E-state index contributed by atoms with van der Waals surface area (Å²) in [7, 11) is 0. The van der Waals surface area contributed by atoms with Crippen LogP contribution in [0.3, 0.4) is 0 Å². The third-order valence-electron chi connectivity index (χ3n) is 2.60. The van der Waals surface area contributed by atoms with Gasteiger partial charge >= 0.3 is 0 Å². The van der Waals surface area contributed by atoms with Crippen LogP contribution in [0.15, 0.2) is 24.5 Å². The number of carbonyl (C=O) groups excluding carboxylic acids is 1. The molecule has 0 aliphatic rings. The highest BCUT2D eigenvalue weighted by Gasteiger charge is 2.13. The first-order chi connectivity index (χ1) is 9.18. The fourth-order valence-electron chi connectivity index (χ4n) is 1.62. The number of aryl methyl sites for hydroxylation is 1. The van der Waals surface area contributed by atoms with Crippen molar-refractivity contribution in [1.29, 1.82) is 0 Å². The number of nitrogens with one attached hydrogen (secondary N) is 2. The molecular weight excluding hydrogens is 248 g/mol. The number of para-hydroxylation sites is 1. The average molecular weight is 262 g/mol. The summed E-state index contributed by atoms with van der Waals surface area (Å²) >= 11 is 0. The predicted molar refractivity (Wildman–Crippen MR) is 66.8 cm³/mol. The van der Waals surface area contributed by atoms with Crippen molar-refractivity contribution in [2.24, 2.45) is 0 Å². The zero-order chi connectivity index (χ0) is 13.7. The molecule has 0 aliphatic heterocycles. The standard InChI is InChI=1S/C12H14N4O3/c17-9-4-1-3-8(11(9)18)12(19)13-6-2-5-10-14-7-15-16-10/h1,3-4,7,17-18H,2,5-6H2,(H,13,19)(H,14,15,16).